The number of nitrogens with zero attached hydrogens (tertiary/aromatic N) is 4. The van der Waals surface area contributed by atoms with Crippen LogP contribution in [-0.4, -0.2) is 64.2 Å². The van der Waals surface area contributed by atoms with E-state index in [1.54, 1.807) is 60.7 Å². The Labute approximate surface area is 246 Å². The quantitative estimate of drug-likeness (QED) is 0.190. The monoisotopic (exact) mass is 648 g/mol. The van der Waals surface area contributed by atoms with Gasteiger partial charge in [-0.25, -0.2) is 23.5 Å². The molecule has 1 aromatic heterocycles. The van der Waals surface area contributed by atoms with Crippen LogP contribution in [0.3, 0.4) is 0 Å². The summed E-state index contributed by atoms with van der Waals surface area (Å²) in [5, 5.41) is 9.40. The fourth-order valence-electron chi connectivity index (χ4n) is 6.16. The number of hydrogen-bond donors (Lipinski definition) is 1. The molecule has 0 bridgehead atoms. The summed E-state index contributed by atoms with van der Waals surface area (Å²) in [4.78, 5) is 52.0. The fourth-order valence-corrected chi connectivity index (χ4v) is 7.56. The average Bonchev–Trinajstić information content (AvgIpc) is 3.30. The summed E-state index contributed by atoms with van der Waals surface area (Å²) in [5.41, 5.74) is 0.158. The minimum Gasteiger partial charge on any atom is -0.491 e. The molecule has 3 aliphatic rings. The molecular weight excluding hydrogens is 627 g/mol. The zero-order chi connectivity index (χ0) is 28.4. The lowest BCUT2D eigenvalue weighted by molar-refractivity contribution is -0.138. The van der Waals surface area contributed by atoms with Gasteiger partial charge in [0, 0.05) is 17.9 Å². The third-order valence-electron chi connectivity index (χ3n) is 7.88. The Morgan fingerprint density at radius 2 is 1.68 bits per heavy atom. The number of rotatable bonds is 6. The summed E-state index contributed by atoms with van der Waals surface area (Å²) in [5.74, 6) is -2.03. The van der Waals surface area contributed by atoms with Crippen molar-refractivity contribution in [3.8, 4) is 11.4 Å². The van der Waals surface area contributed by atoms with Gasteiger partial charge in [0.2, 0.25) is 0 Å². The second-order valence-electron chi connectivity index (χ2n) is 9.80. The van der Waals surface area contributed by atoms with Crippen molar-refractivity contribution in [2.24, 2.45) is 0 Å². The van der Waals surface area contributed by atoms with Crippen LogP contribution in [0.5, 0.6) is 5.75 Å². The third-order valence-corrected chi connectivity index (χ3v) is 9.79. The van der Waals surface area contributed by atoms with Crippen LogP contribution in [0.2, 0.25) is 0 Å². The molecule has 4 atom stereocenters. The highest BCUT2D eigenvalue weighted by molar-refractivity contribution is 9.09. The molecule has 1 N–H and O–H groups in total. The minimum atomic E-state index is -1.96. The number of allylic oxidation sites excluding steroid dienone is 2. The fraction of sp³-hybridized carbons (Fsp3) is 0.333. The molecule has 3 aromatic rings. The maximum Gasteiger partial charge on any atom is 0.352 e. The number of carbonyl (C=O) groups excluding carboxylic acids is 2. The Balaban J connectivity index is 1.61. The van der Waals surface area contributed by atoms with Gasteiger partial charge in [0.15, 0.2) is 9.75 Å². The lowest BCUT2D eigenvalue weighted by Crippen LogP contribution is -2.59. The van der Waals surface area contributed by atoms with Crippen molar-refractivity contribution in [1.82, 2.24) is 18.8 Å². The van der Waals surface area contributed by atoms with Gasteiger partial charge in [0.05, 0.1) is 30.3 Å². The number of hydrogen-bond acceptors (Lipinski definition) is 6. The third kappa shape index (κ3) is 3.50. The molecule has 0 spiro atoms. The smallest absolute Gasteiger partial charge is 0.352 e. The van der Waals surface area contributed by atoms with Crippen molar-refractivity contribution >= 4 is 50.9 Å². The number of amides is 2. The Morgan fingerprint density at radius 1 is 0.975 bits per heavy atom. The Bertz CT molecular complexity index is 1680. The number of aromatic nitrogens is 3. The Kier molecular flexibility index (Phi) is 6.60. The van der Waals surface area contributed by atoms with Crippen LogP contribution in [0.15, 0.2) is 75.8 Å². The summed E-state index contributed by atoms with van der Waals surface area (Å²) < 4.78 is 9.49. The number of aliphatic hydroxyl groups excluding tert-OH is 1. The van der Waals surface area contributed by atoms with Gasteiger partial charge in [0.1, 0.15) is 12.4 Å². The molecule has 2 aromatic carbocycles. The molecule has 2 amide bonds. The van der Waals surface area contributed by atoms with Crippen LogP contribution < -0.4 is 16.1 Å². The Morgan fingerprint density at radius 3 is 2.38 bits per heavy atom. The van der Waals surface area contributed by atoms with Gasteiger partial charge in [-0.1, -0.05) is 58.4 Å². The number of imide groups is 1. The molecule has 40 heavy (non-hydrogen) atoms. The summed E-state index contributed by atoms with van der Waals surface area (Å²) in [6.07, 6.45) is 1.57. The number of halogens is 3. The molecular formula is C27H23BrCl2N4O6. The van der Waals surface area contributed by atoms with Gasteiger partial charge in [0.25, 0.3) is 11.8 Å². The van der Waals surface area contributed by atoms with Gasteiger partial charge >= 0.3 is 11.4 Å². The maximum absolute atomic E-state index is 13.9. The molecule has 0 unspecified atom stereocenters. The first-order chi connectivity index (χ1) is 19.2. The molecule has 2 fully saturated rings. The van der Waals surface area contributed by atoms with Crippen LogP contribution in [0, 0.1) is 0 Å². The largest absolute Gasteiger partial charge is 0.491 e. The number of aliphatic hydroxyl groups is 1. The van der Waals surface area contributed by atoms with E-state index in [9.17, 15) is 24.3 Å². The molecule has 208 valence electrons. The highest BCUT2D eigenvalue weighted by Crippen LogP contribution is 2.64. The first-order valence-corrected chi connectivity index (χ1v) is 14.4. The van der Waals surface area contributed by atoms with E-state index in [4.69, 9.17) is 27.9 Å². The molecule has 13 heteroatoms. The second kappa shape index (κ2) is 9.76. The lowest BCUT2D eigenvalue weighted by atomic mass is 9.64. The number of alkyl halides is 3. The van der Waals surface area contributed by atoms with Crippen LogP contribution in [-0.2, 0) is 16.1 Å². The summed E-state index contributed by atoms with van der Waals surface area (Å²) in [7, 11) is 0. The van der Waals surface area contributed by atoms with Gasteiger partial charge < -0.3 is 9.84 Å². The van der Waals surface area contributed by atoms with E-state index in [1.807, 2.05) is 0 Å². The summed E-state index contributed by atoms with van der Waals surface area (Å²) in [6, 6.07) is 14.5. The number of para-hydroxylation sites is 2. The molecule has 2 aliphatic heterocycles. The lowest BCUT2D eigenvalue weighted by Gasteiger charge is -2.49. The topological polar surface area (TPSA) is 116 Å². The van der Waals surface area contributed by atoms with Crippen molar-refractivity contribution in [2.45, 2.75) is 34.7 Å². The molecule has 1 aliphatic carbocycles. The van der Waals surface area contributed by atoms with E-state index in [0.717, 1.165) is 9.47 Å². The number of benzene rings is 2. The standard InChI is InChI=1S/C27H23BrCl2N4O6/c28-15-31-22(36)26(29)14-19-17(10-11-32-24(38)33(25(39)34(19)32)16-6-2-1-3-7-16)21(27(26,30)23(31)37)18-8-4-5-9-20(18)40-13-12-35/h1-10,19,21,35H,11-15H2/t19-,21-,26-,27+/m1/s1. The number of fused-ring (bicyclic) bond motifs is 4. The first-order valence-electron chi connectivity index (χ1n) is 12.5. The van der Waals surface area contributed by atoms with Crippen molar-refractivity contribution in [2.75, 3.05) is 18.7 Å². The Hall–Kier alpha value is -3.12. The highest BCUT2D eigenvalue weighted by atomic mass is 79.9. The van der Waals surface area contributed by atoms with Crippen LogP contribution in [0.1, 0.15) is 23.9 Å². The van der Waals surface area contributed by atoms with E-state index in [-0.39, 0.29) is 31.6 Å². The first kappa shape index (κ1) is 27.1. The SMILES string of the molecule is O=C1N(CBr)C(=O)[C@@]2(Cl)[C@@H](c3ccccc3OCCO)C3=CCn4c(=O)n(-c5ccccc5)c(=O)n4[C@@H]3C[C@@]12Cl. The van der Waals surface area contributed by atoms with E-state index in [1.165, 1.54) is 9.36 Å². The van der Waals surface area contributed by atoms with Gasteiger partial charge in [-0.05, 0) is 23.8 Å². The van der Waals surface area contributed by atoms with E-state index in [2.05, 4.69) is 15.9 Å². The minimum absolute atomic E-state index is 0.0210. The maximum atomic E-state index is 13.9. The zero-order valence-electron chi connectivity index (χ0n) is 20.9. The van der Waals surface area contributed by atoms with Crippen molar-refractivity contribution in [1.29, 1.82) is 0 Å². The molecule has 3 heterocycles. The predicted molar refractivity (Wildman–Crippen MR) is 151 cm³/mol. The van der Waals surface area contributed by atoms with Crippen molar-refractivity contribution in [3.63, 3.8) is 0 Å². The highest BCUT2D eigenvalue weighted by Gasteiger charge is 2.75. The van der Waals surface area contributed by atoms with Gasteiger partial charge in [-0.2, -0.15) is 0 Å². The number of likely N-dealkylation sites (tertiary alicyclic amines) is 1. The van der Waals surface area contributed by atoms with Crippen LogP contribution in [0.25, 0.3) is 5.69 Å². The van der Waals surface area contributed by atoms with E-state index >= 15 is 0 Å². The van der Waals surface area contributed by atoms with Crippen LogP contribution >= 0.6 is 39.1 Å². The molecule has 6 rings (SSSR count). The van der Waals surface area contributed by atoms with Crippen molar-refractivity contribution < 1.29 is 19.4 Å². The summed E-state index contributed by atoms with van der Waals surface area (Å²) in [6.45, 7) is -0.242. The molecule has 1 saturated heterocycles. The zero-order valence-corrected chi connectivity index (χ0v) is 24.0. The van der Waals surface area contributed by atoms with Crippen LogP contribution in [0.4, 0.5) is 0 Å². The average molecular weight is 650 g/mol. The van der Waals surface area contributed by atoms with E-state index in [0.29, 0.717) is 22.6 Å². The second-order valence-corrected chi connectivity index (χ2v) is 11.5. The number of ether oxygens (including phenoxy) is 1. The van der Waals surface area contributed by atoms with Crippen molar-refractivity contribution in [3.05, 3.63) is 92.8 Å². The number of carbonyl (C=O) groups is 2. The van der Waals surface area contributed by atoms with Gasteiger partial charge in [-0.15, -0.1) is 23.2 Å². The normalized spacial score (nSPS) is 27.2. The molecule has 0 radical (unpaired) electrons. The van der Waals surface area contributed by atoms with E-state index < -0.39 is 44.9 Å². The predicted octanol–water partition coefficient (Wildman–Crippen LogP) is 2.52. The molecule has 10 nitrogen and oxygen atoms in total. The van der Waals surface area contributed by atoms with Gasteiger partial charge in [-0.3, -0.25) is 14.5 Å². The summed E-state index contributed by atoms with van der Waals surface area (Å²) >= 11 is 17.7. The molecule has 1 saturated carbocycles.